The smallest absolute Gasteiger partial charge is 0.372 e. The van der Waals surface area contributed by atoms with E-state index < -0.39 is 42.8 Å². The van der Waals surface area contributed by atoms with Gasteiger partial charge in [-0.05, 0) is 29.3 Å². The summed E-state index contributed by atoms with van der Waals surface area (Å²) in [6.07, 6.45) is 7.42. The highest BCUT2D eigenvalue weighted by atomic mass is 31.1. The third kappa shape index (κ3) is 4.74. The number of hydrogen-bond donors (Lipinski definition) is 1. The number of hydrogen-bond acceptors (Lipinski definition) is 6. The summed E-state index contributed by atoms with van der Waals surface area (Å²) in [5.74, 6) is -1.08. The normalized spacial score (nSPS) is 15.6. The fraction of sp³-hybridized carbons (Fsp3) is 0.259. The number of nitrogens with zero attached hydrogens (tertiary/aromatic N) is 1. The standard InChI is InChI=1S/C27H25FNO5P/c1-5-26(31,27(35-32,18(2)3)25(30)34-33-4)24(20-11-14-22(28)15-12-20)21-13-16-23(29-17-21)19-9-7-6-8-10-19/h1,6-18,24,31H,2-4H3/p+1. The number of rotatable bonds is 9. The van der Waals surface area contributed by atoms with Crippen LogP contribution in [-0.4, -0.2) is 33.9 Å². The van der Waals surface area contributed by atoms with Crippen LogP contribution in [0.3, 0.4) is 0 Å². The van der Waals surface area contributed by atoms with Crippen LogP contribution >= 0.6 is 8.46 Å². The SMILES string of the molecule is C#CC(O)(C(c1ccc(F)cc1)c1ccc(-c2ccccc2)nc1)C([PH+]=O)(C(=O)OOC)C(C)C. The van der Waals surface area contributed by atoms with Crippen LogP contribution in [0.15, 0.2) is 72.9 Å². The fourth-order valence-electron chi connectivity index (χ4n) is 4.32. The number of carbonyl (C=O) groups is 1. The first-order valence-corrected chi connectivity index (χ1v) is 11.8. The Kier molecular flexibility index (Phi) is 8.14. The van der Waals surface area contributed by atoms with Crippen molar-refractivity contribution in [1.82, 2.24) is 4.98 Å². The maximum Gasteiger partial charge on any atom is 0.400 e. The lowest BCUT2D eigenvalue weighted by Gasteiger charge is -2.40. The molecule has 4 unspecified atom stereocenters. The molecule has 8 heteroatoms. The zero-order valence-electron chi connectivity index (χ0n) is 19.6. The molecule has 0 spiro atoms. The molecule has 1 heterocycles. The second-order valence-corrected chi connectivity index (χ2v) is 9.33. The monoisotopic (exact) mass is 494 g/mol. The van der Waals surface area contributed by atoms with Crippen molar-refractivity contribution in [1.29, 1.82) is 0 Å². The minimum absolute atomic E-state index is 0.398. The van der Waals surface area contributed by atoms with E-state index in [1.54, 1.807) is 26.0 Å². The summed E-state index contributed by atoms with van der Waals surface area (Å²) in [6.45, 7) is 3.20. The molecule has 0 saturated heterocycles. The van der Waals surface area contributed by atoms with Crippen LogP contribution in [0.5, 0.6) is 0 Å². The summed E-state index contributed by atoms with van der Waals surface area (Å²) in [7, 11) is -0.268. The molecule has 2 aromatic carbocycles. The van der Waals surface area contributed by atoms with Crippen LogP contribution < -0.4 is 0 Å². The molecule has 0 amide bonds. The van der Waals surface area contributed by atoms with Gasteiger partial charge in [0.15, 0.2) is 5.60 Å². The van der Waals surface area contributed by atoms with Gasteiger partial charge in [-0.2, -0.15) is 4.89 Å². The largest absolute Gasteiger partial charge is 0.400 e. The number of aliphatic hydroxyl groups is 1. The zero-order valence-corrected chi connectivity index (χ0v) is 20.6. The molecular formula is C27H26FNO5P+. The van der Waals surface area contributed by atoms with Gasteiger partial charge in [0.05, 0.1) is 18.7 Å². The fourth-order valence-corrected chi connectivity index (χ4v) is 5.05. The molecule has 0 aliphatic carbocycles. The Morgan fingerprint density at radius 1 is 1.09 bits per heavy atom. The number of terminal acetylenes is 1. The van der Waals surface area contributed by atoms with Crippen LogP contribution in [0, 0.1) is 24.1 Å². The summed E-state index contributed by atoms with van der Waals surface area (Å²) in [6, 6.07) is 18.3. The zero-order chi connectivity index (χ0) is 25.6. The molecule has 0 fully saturated rings. The second-order valence-electron chi connectivity index (χ2n) is 8.34. The van der Waals surface area contributed by atoms with Gasteiger partial charge in [-0.25, -0.2) is 9.18 Å². The van der Waals surface area contributed by atoms with E-state index in [1.165, 1.54) is 30.5 Å². The van der Waals surface area contributed by atoms with Gasteiger partial charge in [-0.1, -0.05) is 72.9 Å². The van der Waals surface area contributed by atoms with Gasteiger partial charge in [0.2, 0.25) is 0 Å². The lowest BCUT2D eigenvalue weighted by molar-refractivity contribution is -0.262. The molecule has 0 saturated carbocycles. The quantitative estimate of drug-likeness (QED) is 0.197. The number of pyridine rings is 1. The first kappa shape index (κ1) is 26.2. The molecule has 6 nitrogen and oxygen atoms in total. The summed E-state index contributed by atoms with van der Waals surface area (Å²) >= 11 is 0. The van der Waals surface area contributed by atoms with E-state index in [0.29, 0.717) is 16.8 Å². The maximum absolute atomic E-state index is 13.8. The number of benzene rings is 2. The Morgan fingerprint density at radius 2 is 1.71 bits per heavy atom. The minimum atomic E-state index is -2.37. The summed E-state index contributed by atoms with van der Waals surface area (Å²) in [5.41, 5.74) is 0.0202. The van der Waals surface area contributed by atoms with Crippen LogP contribution in [0.25, 0.3) is 11.3 Å². The van der Waals surface area contributed by atoms with Gasteiger partial charge in [0.25, 0.3) is 0 Å². The van der Waals surface area contributed by atoms with Crippen molar-refractivity contribution in [3.8, 4) is 23.6 Å². The Morgan fingerprint density at radius 3 is 2.20 bits per heavy atom. The van der Waals surface area contributed by atoms with Crippen molar-refractivity contribution in [2.45, 2.75) is 30.5 Å². The Balaban J connectivity index is 2.26. The molecule has 0 radical (unpaired) electrons. The van der Waals surface area contributed by atoms with Crippen molar-refractivity contribution < 1.29 is 28.6 Å². The van der Waals surface area contributed by atoms with E-state index >= 15 is 0 Å². The van der Waals surface area contributed by atoms with Crippen molar-refractivity contribution in [2.75, 3.05) is 7.11 Å². The predicted octanol–water partition coefficient (Wildman–Crippen LogP) is 4.91. The molecule has 1 N–H and O–H groups in total. The first-order valence-electron chi connectivity index (χ1n) is 10.9. The lowest BCUT2D eigenvalue weighted by atomic mass is 9.67. The predicted molar refractivity (Wildman–Crippen MR) is 131 cm³/mol. The third-order valence-electron chi connectivity index (χ3n) is 6.14. The van der Waals surface area contributed by atoms with Crippen LogP contribution in [-0.2, 0) is 19.1 Å². The first-order chi connectivity index (χ1) is 16.7. The van der Waals surface area contributed by atoms with Crippen molar-refractivity contribution in [3.05, 3.63) is 89.9 Å². The molecular weight excluding hydrogens is 468 g/mol. The third-order valence-corrected chi connectivity index (χ3v) is 7.62. The van der Waals surface area contributed by atoms with Gasteiger partial charge in [0, 0.05) is 17.7 Å². The summed E-state index contributed by atoms with van der Waals surface area (Å²) < 4.78 is 26.5. The average Bonchev–Trinajstić information content (AvgIpc) is 2.87. The molecule has 3 rings (SSSR count). The topological polar surface area (TPSA) is 85.7 Å². The second kappa shape index (κ2) is 10.9. The van der Waals surface area contributed by atoms with Gasteiger partial charge < -0.3 is 5.11 Å². The molecule has 4 atom stereocenters. The number of carbonyl (C=O) groups excluding carboxylic acids is 1. The number of aromatic nitrogens is 1. The van der Waals surface area contributed by atoms with E-state index in [2.05, 4.69) is 15.8 Å². The summed E-state index contributed by atoms with van der Waals surface area (Å²) in [4.78, 5) is 27.0. The molecule has 1 aromatic heterocycles. The molecule has 0 aliphatic heterocycles. The van der Waals surface area contributed by atoms with E-state index in [1.807, 2.05) is 30.3 Å². The summed E-state index contributed by atoms with van der Waals surface area (Å²) in [5, 5.41) is 10.0. The highest BCUT2D eigenvalue weighted by Crippen LogP contribution is 2.51. The molecule has 3 aromatic rings. The molecule has 180 valence electrons. The van der Waals surface area contributed by atoms with Crippen molar-refractivity contribution in [3.63, 3.8) is 0 Å². The van der Waals surface area contributed by atoms with Gasteiger partial charge >= 0.3 is 19.6 Å². The van der Waals surface area contributed by atoms with E-state index in [4.69, 9.17) is 11.3 Å². The average molecular weight is 494 g/mol. The molecule has 35 heavy (non-hydrogen) atoms. The highest BCUT2D eigenvalue weighted by Gasteiger charge is 2.70. The lowest BCUT2D eigenvalue weighted by Crippen LogP contribution is -2.61. The van der Waals surface area contributed by atoms with Crippen molar-refractivity contribution in [2.24, 2.45) is 5.92 Å². The maximum atomic E-state index is 13.8. The molecule has 0 bridgehead atoms. The molecule has 0 aliphatic rings. The van der Waals surface area contributed by atoms with Crippen LogP contribution in [0.4, 0.5) is 4.39 Å². The highest BCUT2D eigenvalue weighted by molar-refractivity contribution is 7.28. The van der Waals surface area contributed by atoms with Gasteiger partial charge in [-0.15, -0.1) is 6.42 Å². The van der Waals surface area contributed by atoms with Crippen LogP contribution in [0.2, 0.25) is 0 Å². The Bertz CT molecular complexity index is 1210. The Labute approximate surface area is 205 Å². The number of halogens is 1. The Hall–Kier alpha value is -3.43. The minimum Gasteiger partial charge on any atom is -0.372 e. The van der Waals surface area contributed by atoms with Gasteiger partial charge in [0.1, 0.15) is 5.82 Å². The van der Waals surface area contributed by atoms with Gasteiger partial charge in [-0.3, -0.25) is 9.87 Å². The van der Waals surface area contributed by atoms with Crippen LogP contribution in [0.1, 0.15) is 30.9 Å². The van der Waals surface area contributed by atoms with Crippen molar-refractivity contribution >= 4 is 14.4 Å². The van der Waals surface area contributed by atoms with E-state index in [0.717, 1.165) is 12.7 Å². The van der Waals surface area contributed by atoms with E-state index in [-0.39, 0.29) is 0 Å². The van der Waals surface area contributed by atoms with E-state index in [9.17, 15) is 18.9 Å².